The molecule has 3 saturated heterocycles. The van der Waals surface area contributed by atoms with Crippen molar-refractivity contribution in [2.24, 2.45) is 0 Å². The zero-order valence-corrected chi connectivity index (χ0v) is 14.4. The van der Waals surface area contributed by atoms with Crippen LogP contribution in [0.3, 0.4) is 0 Å². The van der Waals surface area contributed by atoms with Gasteiger partial charge >= 0.3 is 0 Å². The average Bonchev–Trinajstić information content (AvgIpc) is 3.22. The van der Waals surface area contributed by atoms with Gasteiger partial charge in [0.2, 0.25) is 11.8 Å². The lowest BCUT2D eigenvalue weighted by Crippen LogP contribution is -2.51. The zero-order valence-electron chi connectivity index (χ0n) is 14.4. The van der Waals surface area contributed by atoms with E-state index in [1.807, 2.05) is 9.80 Å². The minimum Gasteiger partial charge on any atom is -0.342 e. The fourth-order valence-electron chi connectivity index (χ4n) is 4.04. The van der Waals surface area contributed by atoms with Crippen molar-refractivity contribution < 1.29 is 9.59 Å². The van der Waals surface area contributed by atoms with Crippen molar-refractivity contribution in [2.45, 2.75) is 38.6 Å². The highest BCUT2D eigenvalue weighted by Crippen LogP contribution is 2.19. The number of carbonyl (C=O) groups is 2. The van der Waals surface area contributed by atoms with Crippen LogP contribution in [0.2, 0.25) is 0 Å². The Morgan fingerprint density at radius 1 is 1.13 bits per heavy atom. The van der Waals surface area contributed by atoms with Gasteiger partial charge in [-0.15, -0.1) is 0 Å². The van der Waals surface area contributed by atoms with Gasteiger partial charge in [0, 0.05) is 71.2 Å². The van der Waals surface area contributed by atoms with Crippen LogP contribution in [-0.2, 0) is 9.59 Å². The maximum absolute atomic E-state index is 12.4. The van der Waals surface area contributed by atoms with Crippen molar-refractivity contribution in [1.82, 2.24) is 19.6 Å². The number of amides is 2. The summed E-state index contributed by atoms with van der Waals surface area (Å²) in [5.74, 6) is 0.435. The van der Waals surface area contributed by atoms with E-state index in [4.69, 9.17) is 0 Å². The normalized spacial score (nSPS) is 27.2. The molecule has 6 nitrogen and oxygen atoms in total. The number of nitrogens with zero attached hydrogens (tertiary/aromatic N) is 4. The molecular formula is C17H30N4O2. The molecule has 1 unspecified atom stereocenters. The zero-order chi connectivity index (χ0) is 16.2. The lowest BCUT2D eigenvalue weighted by molar-refractivity contribution is -0.132. The van der Waals surface area contributed by atoms with Gasteiger partial charge in [0.1, 0.15) is 0 Å². The van der Waals surface area contributed by atoms with Gasteiger partial charge in [-0.25, -0.2) is 0 Å². The van der Waals surface area contributed by atoms with Gasteiger partial charge < -0.3 is 14.7 Å². The first-order valence-electron chi connectivity index (χ1n) is 9.19. The fourth-order valence-corrected chi connectivity index (χ4v) is 4.04. The fraction of sp³-hybridized carbons (Fsp3) is 0.882. The van der Waals surface area contributed by atoms with E-state index in [2.05, 4.69) is 16.7 Å². The monoisotopic (exact) mass is 322 g/mol. The molecule has 0 N–H and O–H groups in total. The molecule has 0 aromatic carbocycles. The Balaban J connectivity index is 1.40. The number of piperazine rings is 1. The number of hydrogen-bond acceptors (Lipinski definition) is 4. The van der Waals surface area contributed by atoms with E-state index in [1.54, 1.807) is 0 Å². The van der Waals surface area contributed by atoms with Crippen molar-refractivity contribution in [1.29, 1.82) is 0 Å². The number of rotatable bonds is 5. The first kappa shape index (κ1) is 16.7. The van der Waals surface area contributed by atoms with Crippen molar-refractivity contribution in [3.63, 3.8) is 0 Å². The number of likely N-dealkylation sites (tertiary alicyclic amines) is 2. The van der Waals surface area contributed by atoms with Crippen molar-refractivity contribution in [3.05, 3.63) is 0 Å². The SMILES string of the molecule is CCN1CCN(C2CCN(C(=O)CCN3CCCC3=O)C2)CC1. The van der Waals surface area contributed by atoms with Crippen molar-refractivity contribution in [3.8, 4) is 0 Å². The van der Waals surface area contributed by atoms with Crippen LogP contribution in [-0.4, -0.2) is 96.4 Å². The van der Waals surface area contributed by atoms with Gasteiger partial charge in [0.15, 0.2) is 0 Å². The van der Waals surface area contributed by atoms with Crippen LogP contribution >= 0.6 is 0 Å². The summed E-state index contributed by atoms with van der Waals surface area (Å²) >= 11 is 0. The molecule has 23 heavy (non-hydrogen) atoms. The quantitative estimate of drug-likeness (QED) is 0.727. The van der Waals surface area contributed by atoms with Crippen LogP contribution in [0.5, 0.6) is 0 Å². The predicted molar refractivity (Wildman–Crippen MR) is 89.1 cm³/mol. The van der Waals surface area contributed by atoms with Crippen LogP contribution in [0.4, 0.5) is 0 Å². The minimum atomic E-state index is 0.214. The second-order valence-electron chi connectivity index (χ2n) is 6.99. The Kier molecular flexibility index (Phi) is 5.54. The molecule has 2 amide bonds. The summed E-state index contributed by atoms with van der Waals surface area (Å²) in [6, 6.07) is 0.534. The molecule has 0 aromatic rings. The third-order valence-electron chi connectivity index (χ3n) is 5.65. The molecule has 0 bridgehead atoms. The summed E-state index contributed by atoms with van der Waals surface area (Å²) in [7, 11) is 0. The van der Waals surface area contributed by atoms with Crippen molar-refractivity contribution in [2.75, 3.05) is 58.9 Å². The second-order valence-corrected chi connectivity index (χ2v) is 6.99. The van der Waals surface area contributed by atoms with E-state index < -0.39 is 0 Å². The molecule has 1 atom stereocenters. The Morgan fingerprint density at radius 3 is 2.57 bits per heavy atom. The first-order valence-corrected chi connectivity index (χ1v) is 9.19. The van der Waals surface area contributed by atoms with Crippen LogP contribution in [0.15, 0.2) is 0 Å². The lowest BCUT2D eigenvalue weighted by atomic mass is 10.2. The summed E-state index contributed by atoms with van der Waals surface area (Å²) in [5.41, 5.74) is 0. The van der Waals surface area contributed by atoms with Gasteiger partial charge in [0.25, 0.3) is 0 Å². The average molecular weight is 322 g/mol. The minimum absolute atomic E-state index is 0.214. The smallest absolute Gasteiger partial charge is 0.224 e. The summed E-state index contributed by atoms with van der Waals surface area (Å²) in [6.45, 7) is 11.1. The lowest BCUT2D eigenvalue weighted by Gasteiger charge is -2.37. The maximum Gasteiger partial charge on any atom is 0.224 e. The molecule has 0 radical (unpaired) electrons. The van der Waals surface area contributed by atoms with E-state index in [9.17, 15) is 9.59 Å². The Bertz CT molecular complexity index is 434. The number of carbonyl (C=O) groups excluding carboxylic acids is 2. The predicted octanol–water partition coefficient (Wildman–Crippen LogP) is 0.237. The van der Waals surface area contributed by atoms with Gasteiger partial charge in [-0.2, -0.15) is 0 Å². The summed E-state index contributed by atoms with van der Waals surface area (Å²) < 4.78 is 0. The van der Waals surface area contributed by atoms with Crippen LogP contribution in [0.25, 0.3) is 0 Å². The molecule has 0 saturated carbocycles. The standard InChI is InChI=1S/C17H30N4O2/c1-2-18-10-12-19(13-11-18)15-5-8-21(14-15)17(23)6-9-20-7-3-4-16(20)22/h15H,2-14H2,1H3. The highest BCUT2D eigenvalue weighted by molar-refractivity contribution is 5.80. The Labute approximate surface area is 139 Å². The molecule has 6 heteroatoms. The van der Waals surface area contributed by atoms with Gasteiger partial charge in [0.05, 0.1) is 0 Å². The number of hydrogen-bond donors (Lipinski definition) is 0. The van der Waals surface area contributed by atoms with Gasteiger partial charge in [-0.1, -0.05) is 6.92 Å². The largest absolute Gasteiger partial charge is 0.342 e. The maximum atomic E-state index is 12.4. The Hall–Kier alpha value is -1.14. The molecule has 3 aliphatic heterocycles. The summed E-state index contributed by atoms with van der Waals surface area (Å²) in [4.78, 5) is 32.9. The third-order valence-corrected chi connectivity index (χ3v) is 5.65. The van der Waals surface area contributed by atoms with E-state index in [-0.39, 0.29) is 11.8 Å². The highest BCUT2D eigenvalue weighted by atomic mass is 16.2. The molecule has 3 rings (SSSR count). The molecule has 3 heterocycles. The summed E-state index contributed by atoms with van der Waals surface area (Å²) in [5, 5.41) is 0. The molecule has 3 fully saturated rings. The molecule has 3 aliphatic rings. The second kappa shape index (κ2) is 7.62. The van der Waals surface area contributed by atoms with E-state index in [1.165, 1.54) is 0 Å². The number of likely N-dealkylation sites (N-methyl/N-ethyl adjacent to an activating group) is 1. The molecule has 0 aromatic heterocycles. The molecule has 0 aliphatic carbocycles. The Morgan fingerprint density at radius 2 is 1.91 bits per heavy atom. The van der Waals surface area contributed by atoms with E-state index in [0.717, 1.165) is 65.2 Å². The molecule has 130 valence electrons. The first-order chi connectivity index (χ1) is 11.2. The van der Waals surface area contributed by atoms with Crippen molar-refractivity contribution >= 4 is 11.8 Å². The van der Waals surface area contributed by atoms with E-state index >= 15 is 0 Å². The van der Waals surface area contributed by atoms with Gasteiger partial charge in [-0.3, -0.25) is 14.5 Å². The third kappa shape index (κ3) is 4.04. The molecular weight excluding hydrogens is 292 g/mol. The highest BCUT2D eigenvalue weighted by Gasteiger charge is 2.32. The molecule has 0 spiro atoms. The topological polar surface area (TPSA) is 47.1 Å². The summed E-state index contributed by atoms with van der Waals surface area (Å²) in [6.07, 6.45) is 3.19. The van der Waals surface area contributed by atoms with Crippen LogP contribution in [0, 0.1) is 0 Å². The van der Waals surface area contributed by atoms with Crippen LogP contribution < -0.4 is 0 Å². The van der Waals surface area contributed by atoms with Crippen LogP contribution in [0.1, 0.15) is 32.6 Å². The van der Waals surface area contributed by atoms with E-state index in [0.29, 0.717) is 25.4 Å². The van der Waals surface area contributed by atoms with Gasteiger partial charge in [-0.05, 0) is 19.4 Å².